The molecule has 6 heteroatoms. The van der Waals surface area contributed by atoms with Gasteiger partial charge in [0.25, 0.3) is 0 Å². The van der Waals surface area contributed by atoms with E-state index in [1.54, 1.807) is 6.07 Å². The summed E-state index contributed by atoms with van der Waals surface area (Å²) in [6.45, 7) is 4.62. The zero-order chi connectivity index (χ0) is 19.8. The van der Waals surface area contributed by atoms with Gasteiger partial charge in [0.05, 0.1) is 5.69 Å². The Morgan fingerprint density at radius 1 is 0.929 bits per heavy atom. The van der Waals surface area contributed by atoms with E-state index in [9.17, 15) is 14.4 Å². The molecule has 0 unspecified atom stereocenters. The quantitative estimate of drug-likeness (QED) is 0.790. The van der Waals surface area contributed by atoms with Gasteiger partial charge < -0.3 is 15.5 Å². The molecule has 3 amide bonds. The number of carbonyl (C=O) groups is 3. The molecule has 28 heavy (non-hydrogen) atoms. The molecule has 0 fully saturated rings. The highest BCUT2D eigenvalue weighted by Crippen LogP contribution is 2.37. The first kappa shape index (κ1) is 18.2. The molecule has 2 heterocycles. The van der Waals surface area contributed by atoms with Crippen LogP contribution in [0.5, 0.6) is 0 Å². The van der Waals surface area contributed by atoms with Crippen molar-refractivity contribution < 1.29 is 14.4 Å². The van der Waals surface area contributed by atoms with Gasteiger partial charge in [0.1, 0.15) is 0 Å². The predicted octanol–water partition coefficient (Wildman–Crippen LogP) is 3.11. The highest BCUT2D eigenvalue weighted by molar-refractivity contribution is 6.43. The minimum absolute atomic E-state index is 0.165. The van der Waals surface area contributed by atoms with Crippen LogP contribution in [0.2, 0.25) is 0 Å². The van der Waals surface area contributed by atoms with E-state index in [4.69, 9.17) is 0 Å². The van der Waals surface area contributed by atoms with Crippen molar-refractivity contribution in [2.75, 3.05) is 22.1 Å². The topological polar surface area (TPSA) is 78.5 Å². The number of hydrogen-bond donors (Lipinski definition) is 2. The number of amides is 3. The fourth-order valence-corrected chi connectivity index (χ4v) is 4.05. The lowest BCUT2D eigenvalue weighted by Crippen LogP contribution is -2.39. The molecule has 0 saturated heterocycles. The maximum Gasteiger partial charge on any atom is 0.314 e. The molecule has 0 saturated carbocycles. The number of rotatable bonds is 2. The van der Waals surface area contributed by atoms with Crippen molar-refractivity contribution in [3.8, 4) is 0 Å². The van der Waals surface area contributed by atoms with Crippen LogP contribution in [0.15, 0.2) is 30.3 Å². The number of hydrogen-bond acceptors (Lipinski definition) is 3. The third-order valence-electron chi connectivity index (χ3n) is 5.37. The Hall–Kier alpha value is -3.15. The lowest BCUT2D eigenvalue weighted by molar-refractivity contribution is -0.133. The van der Waals surface area contributed by atoms with E-state index in [0.717, 1.165) is 47.3 Å². The molecule has 0 spiro atoms. The summed E-state index contributed by atoms with van der Waals surface area (Å²) in [6.07, 6.45) is 2.92. The average molecular weight is 377 g/mol. The van der Waals surface area contributed by atoms with Crippen molar-refractivity contribution >= 4 is 34.8 Å². The van der Waals surface area contributed by atoms with Gasteiger partial charge in [-0.15, -0.1) is 0 Å². The maximum absolute atomic E-state index is 12.4. The molecular formula is C22H23N3O3. The molecular weight excluding hydrogens is 354 g/mol. The number of anilines is 3. The summed E-state index contributed by atoms with van der Waals surface area (Å²) < 4.78 is 0. The minimum atomic E-state index is -0.702. The second kappa shape index (κ2) is 7.11. The fourth-order valence-electron chi connectivity index (χ4n) is 4.05. The standard InChI is InChI=1S/C22H23N3O3/c1-13-5-7-18(14(2)10-13)24-22(28)21(27)23-17-11-15-4-3-9-25-19(26)8-6-16(12-17)20(15)25/h5,7,10-12H,3-4,6,8-9H2,1-2H3,(H,23,27)(H,24,28). The predicted molar refractivity (Wildman–Crippen MR) is 109 cm³/mol. The van der Waals surface area contributed by atoms with Crippen LogP contribution >= 0.6 is 0 Å². The van der Waals surface area contributed by atoms with Crippen molar-refractivity contribution in [2.24, 2.45) is 0 Å². The van der Waals surface area contributed by atoms with E-state index in [0.29, 0.717) is 24.2 Å². The van der Waals surface area contributed by atoms with E-state index in [2.05, 4.69) is 10.6 Å². The van der Waals surface area contributed by atoms with E-state index >= 15 is 0 Å². The molecule has 2 N–H and O–H groups in total. The first-order chi connectivity index (χ1) is 13.4. The molecule has 2 aromatic carbocycles. The Kier molecular flexibility index (Phi) is 4.63. The summed E-state index contributed by atoms with van der Waals surface area (Å²) in [7, 11) is 0. The monoisotopic (exact) mass is 377 g/mol. The molecule has 0 aliphatic carbocycles. The van der Waals surface area contributed by atoms with E-state index in [1.807, 2.05) is 43.0 Å². The van der Waals surface area contributed by atoms with Gasteiger partial charge in [-0.25, -0.2) is 0 Å². The van der Waals surface area contributed by atoms with Crippen LogP contribution in [-0.2, 0) is 27.2 Å². The Labute approximate surface area is 163 Å². The van der Waals surface area contributed by atoms with Crippen molar-refractivity contribution in [3.05, 3.63) is 52.6 Å². The van der Waals surface area contributed by atoms with Crippen LogP contribution in [-0.4, -0.2) is 24.3 Å². The second-order valence-electron chi connectivity index (χ2n) is 7.52. The Balaban J connectivity index is 1.52. The summed E-state index contributed by atoms with van der Waals surface area (Å²) in [4.78, 5) is 38.7. The minimum Gasteiger partial charge on any atom is -0.318 e. The van der Waals surface area contributed by atoms with Gasteiger partial charge in [-0.1, -0.05) is 17.7 Å². The van der Waals surface area contributed by atoms with Crippen molar-refractivity contribution in [2.45, 2.75) is 39.5 Å². The summed E-state index contributed by atoms with van der Waals surface area (Å²) >= 11 is 0. The second-order valence-corrected chi connectivity index (χ2v) is 7.52. The molecule has 0 bridgehead atoms. The van der Waals surface area contributed by atoms with Gasteiger partial charge >= 0.3 is 11.8 Å². The molecule has 2 aromatic rings. The zero-order valence-corrected chi connectivity index (χ0v) is 16.1. The number of nitrogens with zero attached hydrogens (tertiary/aromatic N) is 1. The van der Waals surface area contributed by atoms with Crippen LogP contribution in [0.25, 0.3) is 0 Å². The smallest absolute Gasteiger partial charge is 0.314 e. The first-order valence-electron chi connectivity index (χ1n) is 9.58. The van der Waals surface area contributed by atoms with Gasteiger partial charge in [-0.05, 0) is 68.0 Å². The van der Waals surface area contributed by atoms with Crippen LogP contribution in [0, 0.1) is 13.8 Å². The highest BCUT2D eigenvalue weighted by atomic mass is 16.2. The number of nitrogens with one attached hydrogen (secondary N) is 2. The van der Waals surface area contributed by atoms with Crippen LogP contribution in [0.3, 0.4) is 0 Å². The van der Waals surface area contributed by atoms with Crippen LogP contribution < -0.4 is 15.5 Å². The Bertz CT molecular complexity index is 980. The lowest BCUT2D eigenvalue weighted by atomic mass is 9.91. The molecule has 0 atom stereocenters. The fraction of sp³-hybridized carbons (Fsp3) is 0.318. The normalized spacial score (nSPS) is 15.1. The number of carbonyl (C=O) groups excluding carboxylic acids is 3. The zero-order valence-electron chi connectivity index (χ0n) is 16.1. The molecule has 0 radical (unpaired) electrons. The molecule has 2 aliphatic heterocycles. The maximum atomic E-state index is 12.4. The Morgan fingerprint density at radius 3 is 2.39 bits per heavy atom. The van der Waals surface area contributed by atoms with Gasteiger partial charge in [0, 0.05) is 24.3 Å². The molecule has 2 aliphatic rings. The van der Waals surface area contributed by atoms with Gasteiger partial charge in [0.15, 0.2) is 0 Å². The van der Waals surface area contributed by atoms with Crippen molar-refractivity contribution in [1.29, 1.82) is 0 Å². The largest absolute Gasteiger partial charge is 0.318 e. The lowest BCUT2D eigenvalue weighted by Gasteiger charge is -2.35. The first-order valence-corrected chi connectivity index (χ1v) is 9.58. The summed E-state index contributed by atoms with van der Waals surface area (Å²) in [5, 5.41) is 5.38. The van der Waals surface area contributed by atoms with Crippen molar-refractivity contribution in [1.82, 2.24) is 0 Å². The SMILES string of the molecule is Cc1ccc(NC(=O)C(=O)Nc2cc3c4c(c2)CCC(=O)N4CCC3)c(C)c1. The van der Waals surface area contributed by atoms with Crippen LogP contribution in [0.1, 0.15) is 35.1 Å². The van der Waals surface area contributed by atoms with Gasteiger partial charge in [-0.3, -0.25) is 14.4 Å². The van der Waals surface area contributed by atoms with E-state index < -0.39 is 11.8 Å². The van der Waals surface area contributed by atoms with E-state index in [1.165, 1.54) is 0 Å². The van der Waals surface area contributed by atoms with E-state index in [-0.39, 0.29) is 5.91 Å². The van der Waals surface area contributed by atoms with Crippen molar-refractivity contribution in [3.63, 3.8) is 0 Å². The molecule has 4 rings (SSSR count). The third-order valence-corrected chi connectivity index (χ3v) is 5.37. The third kappa shape index (κ3) is 3.38. The summed E-state index contributed by atoms with van der Waals surface area (Å²) in [6, 6.07) is 9.40. The van der Waals surface area contributed by atoms with Gasteiger partial charge in [-0.2, -0.15) is 0 Å². The average Bonchev–Trinajstić information content (AvgIpc) is 2.66. The molecule has 6 nitrogen and oxygen atoms in total. The molecule has 0 aromatic heterocycles. The summed E-state index contributed by atoms with van der Waals surface area (Å²) in [5.41, 5.74) is 6.34. The van der Waals surface area contributed by atoms with Crippen LogP contribution in [0.4, 0.5) is 17.1 Å². The Morgan fingerprint density at radius 2 is 1.64 bits per heavy atom. The number of aryl methyl sites for hydroxylation is 4. The number of benzene rings is 2. The highest BCUT2D eigenvalue weighted by Gasteiger charge is 2.30. The van der Waals surface area contributed by atoms with Gasteiger partial charge in [0.2, 0.25) is 5.91 Å². The summed E-state index contributed by atoms with van der Waals surface area (Å²) in [5.74, 6) is -1.24. The molecule has 144 valence electrons.